The smallest absolute Gasteiger partial charge is 0.0488 e. The van der Waals surface area contributed by atoms with Crippen molar-refractivity contribution in [1.82, 2.24) is 5.32 Å². The van der Waals surface area contributed by atoms with E-state index < -0.39 is 0 Å². The van der Waals surface area contributed by atoms with E-state index in [4.69, 9.17) is 4.74 Å². The third-order valence-electron chi connectivity index (χ3n) is 4.11. The van der Waals surface area contributed by atoms with E-state index >= 15 is 0 Å². The van der Waals surface area contributed by atoms with Crippen LogP contribution in [-0.2, 0) is 4.74 Å². The molecule has 1 aliphatic rings. The Kier molecular flexibility index (Phi) is 8.72. The average molecular weight is 269 g/mol. The molecule has 2 nitrogen and oxygen atoms in total. The largest absolute Gasteiger partial charge is 0.381 e. The van der Waals surface area contributed by atoms with E-state index in [1.807, 2.05) is 0 Å². The van der Waals surface area contributed by atoms with Gasteiger partial charge < -0.3 is 10.1 Å². The lowest BCUT2D eigenvalue weighted by molar-refractivity contribution is 0.0899. The number of rotatable bonds is 10. The highest BCUT2D eigenvalue weighted by molar-refractivity contribution is 4.77. The van der Waals surface area contributed by atoms with Crippen LogP contribution in [0.1, 0.15) is 59.8 Å². The molecule has 0 heterocycles. The standard InChI is InChI=1S/C17H35NO/c1-14(2)11-18-12-17(16-7-5-6-8-16)9-10-19-13-15(3)4/h14-18H,5-13H2,1-4H3. The molecule has 0 spiro atoms. The maximum absolute atomic E-state index is 5.78. The Balaban J connectivity index is 2.23. The van der Waals surface area contributed by atoms with Crippen molar-refractivity contribution in [3.63, 3.8) is 0 Å². The number of nitrogens with one attached hydrogen (secondary N) is 1. The molecule has 1 aliphatic carbocycles. The van der Waals surface area contributed by atoms with Gasteiger partial charge in [0, 0.05) is 13.2 Å². The first kappa shape index (κ1) is 17.0. The fourth-order valence-electron chi connectivity index (χ4n) is 3.04. The number of hydrogen-bond acceptors (Lipinski definition) is 2. The van der Waals surface area contributed by atoms with Crippen molar-refractivity contribution in [1.29, 1.82) is 0 Å². The first-order valence-electron chi connectivity index (χ1n) is 8.38. The first-order chi connectivity index (χ1) is 9.09. The van der Waals surface area contributed by atoms with Crippen molar-refractivity contribution in [2.45, 2.75) is 59.8 Å². The number of hydrogen-bond donors (Lipinski definition) is 1. The Morgan fingerprint density at radius 1 is 1.00 bits per heavy atom. The molecule has 0 saturated heterocycles. The molecule has 1 atom stereocenters. The first-order valence-corrected chi connectivity index (χ1v) is 8.38. The maximum Gasteiger partial charge on any atom is 0.0488 e. The zero-order valence-corrected chi connectivity index (χ0v) is 13.6. The molecule has 0 aliphatic heterocycles. The summed E-state index contributed by atoms with van der Waals surface area (Å²) in [6.45, 7) is 13.2. The van der Waals surface area contributed by atoms with Gasteiger partial charge in [0.1, 0.15) is 0 Å². The Hall–Kier alpha value is -0.0800. The van der Waals surface area contributed by atoms with Crippen LogP contribution < -0.4 is 5.32 Å². The summed E-state index contributed by atoms with van der Waals surface area (Å²) >= 11 is 0. The summed E-state index contributed by atoms with van der Waals surface area (Å²) in [4.78, 5) is 0. The van der Waals surface area contributed by atoms with Crippen LogP contribution in [-0.4, -0.2) is 26.3 Å². The zero-order chi connectivity index (χ0) is 14.1. The van der Waals surface area contributed by atoms with Crippen molar-refractivity contribution in [2.24, 2.45) is 23.7 Å². The Morgan fingerprint density at radius 3 is 2.26 bits per heavy atom. The van der Waals surface area contributed by atoms with Gasteiger partial charge in [-0.3, -0.25) is 0 Å². The number of ether oxygens (including phenoxy) is 1. The van der Waals surface area contributed by atoms with E-state index in [2.05, 4.69) is 33.0 Å². The van der Waals surface area contributed by atoms with E-state index in [9.17, 15) is 0 Å². The van der Waals surface area contributed by atoms with Crippen molar-refractivity contribution in [3.05, 3.63) is 0 Å². The van der Waals surface area contributed by atoms with Crippen LogP contribution in [0.5, 0.6) is 0 Å². The lowest BCUT2D eigenvalue weighted by Crippen LogP contribution is -2.30. The maximum atomic E-state index is 5.78. The van der Waals surface area contributed by atoms with Gasteiger partial charge >= 0.3 is 0 Å². The van der Waals surface area contributed by atoms with Crippen molar-refractivity contribution in [3.8, 4) is 0 Å². The molecule has 1 unspecified atom stereocenters. The topological polar surface area (TPSA) is 21.3 Å². The minimum Gasteiger partial charge on any atom is -0.381 e. The third-order valence-corrected chi connectivity index (χ3v) is 4.11. The van der Waals surface area contributed by atoms with Gasteiger partial charge in [0.05, 0.1) is 0 Å². The second kappa shape index (κ2) is 9.77. The van der Waals surface area contributed by atoms with Gasteiger partial charge in [-0.05, 0) is 43.2 Å². The van der Waals surface area contributed by atoms with Crippen LogP contribution in [0, 0.1) is 23.7 Å². The summed E-state index contributed by atoms with van der Waals surface area (Å²) < 4.78 is 5.78. The Morgan fingerprint density at radius 2 is 1.68 bits per heavy atom. The summed E-state index contributed by atoms with van der Waals surface area (Å²) in [6.07, 6.45) is 7.01. The molecule has 0 bridgehead atoms. The van der Waals surface area contributed by atoms with Crippen LogP contribution in [0.4, 0.5) is 0 Å². The van der Waals surface area contributed by atoms with E-state index in [1.165, 1.54) is 38.6 Å². The molecule has 19 heavy (non-hydrogen) atoms. The lowest BCUT2D eigenvalue weighted by Gasteiger charge is -2.24. The Labute approximate surface area is 120 Å². The van der Waals surface area contributed by atoms with Crippen LogP contribution in [0.15, 0.2) is 0 Å². The molecule has 1 N–H and O–H groups in total. The van der Waals surface area contributed by atoms with Crippen molar-refractivity contribution >= 4 is 0 Å². The van der Waals surface area contributed by atoms with E-state index in [0.29, 0.717) is 5.92 Å². The summed E-state index contributed by atoms with van der Waals surface area (Å²) in [5.41, 5.74) is 0. The second-order valence-electron chi connectivity index (χ2n) is 7.11. The molecule has 1 fully saturated rings. The highest BCUT2D eigenvalue weighted by atomic mass is 16.5. The van der Waals surface area contributed by atoms with Gasteiger partial charge in [-0.2, -0.15) is 0 Å². The van der Waals surface area contributed by atoms with E-state index in [1.54, 1.807) is 0 Å². The molecule has 0 radical (unpaired) electrons. The van der Waals surface area contributed by atoms with Gasteiger partial charge in [0.2, 0.25) is 0 Å². The lowest BCUT2D eigenvalue weighted by atomic mass is 9.88. The quantitative estimate of drug-likeness (QED) is 0.603. The van der Waals surface area contributed by atoms with E-state index in [0.717, 1.165) is 37.5 Å². The molecular weight excluding hydrogens is 234 g/mol. The normalized spacial score (nSPS) is 18.6. The fraction of sp³-hybridized carbons (Fsp3) is 1.00. The van der Waals surface area contributed by atoms with Crippen molar-refractivity contribution < 1.29 is 4.74 Å². The van der Waals surface area contributed by atoms with E-state index in [-0.39, 0.29) is 0 Å². The molecule has 0 aromatic carbocycles. The highest BCUT2D eigenvalue weighted by Crippen LogP contribution is 2.32. The molecule has 0 aromatic heterocycles. The van der Waals surface area contributed by atoms with Crippen LogP contribution in [0.25, 0.3) is 0 Å². The molecule has 2 heteroatoms. The third kappa shape index (κ3) is 7.94. The molecule has 0 amide bonds. The van der Waals surface area contributed by atoms with Gasteiger partial charge in [0.15, 0.2) is 0 Å². The fourth-order valence-corrected chi connectivity index (χ4v) is 3.04. The molecule has 0 aromatic rings. The summed E-state index contributed by atoms with van der Waals surface area (Å²) in [5.74, 6) is 3.18. The summed E-state index contributed by atoms with van der Waals surface area (Å²) in [7, 11) is 0. The van der Waals surface area contributed by atoms with Gasteiger partial charge in [-0.25, -0.2) is 0 Å². The molecule has 1 rings (SSSR count). The van der Waals surface area contributed by atoms with Crippen LogP contribution in [0.2, 0.25) is 0 Å². The van der Waals surface area contributed by atoms with Gasteiger partial charge in [-0.1, -0.05) is 53.4 Å². The average Bonchev–Trinajstić information content (AvgIpc) is 2.85. The van der Waals surface area contributed by atoms with Crippen LogP contribution in [0.3, 0.4) is 0 Å². The molecule has 114 valence electrons. The van der Waals surface area contributed by atoms with Crippen LogP contribution >= 0.6 is 0 Å². The van der Waals surface area contributed by atoms with Crippen molar-refractivity contribution in [2.75, 3.05) is 26.3 Å². The monoisotopic (exact) mass is 269 g/mol. The summed E-state index contributed by atoms with van der Waals surface area (Å²) in [5, 5.41) is 3.66. The highest BCUT2D eigenvalue weighted by Gasteiger charge is 2.24. The SMILES string of the molecule is CC(C)CNCC(CCOCC(C)C)C1CCCC1. The predicted molar refractivity (Wildman–Crippen MR) is 83.4 cm³/mol. The summed E-state index contributed by atoms with van der Waals surface area (Å²) in [6, 6.07) is 0. The molecule has 1 saturated carbocycles. The zero-order valence-electron chi connectivity index (χ0n) is 13.6. The Bertz CT molecular complexity index is 209. The second-order valence-corrected chi connectivity index (χ2v) is 7.11. The minimum atomic E-state index is 0.656. The van der Waals surface area contributed by atoms with Gasteiger partial charge in [0.25, 0.3) is 0 Å². The predicted octanol–water partition coefficient (Wildman–Crippen LogP) is 4.10. The molecular formula is C17H35NO. The minimum absolute atomic E-state index is 0.656. The van der Waals surface area contributed by atoms with Gasteiger partial charge in [-0.15, -0.1) is 0 Å².